The highest BCUT2D eigenvalue weighted by molar-refractivity contribution is 7.98. The van der Waals surface area contributed by atoms with Crippen LogP contribution in [-0.2, 0) is 4.94 Å². The highest BCUT2D eigenvalue weighted by atomic mass is 32.2. The third-order valence-electron chi connectivity index (χ3n) is 3.14. The highest BCUT2D eigenvalue weighted by Gasteiger charge is 2.83. The van der Waals surface area contributed by atoms with Gasteiger partial charge < -0.3 is 4.90 Å². The van der Waals surface area contributed by atoms with Crippen molar-refractivity contribution in [3.05, 3.63) is 0 Å². The Morgan fingerprint density at radius 1 is 0.875 bits per heavy atom. The van der Waals surface area contributed by atoms with Crippen LogP contribution in [0.25, 0.3) is 0 Å². The predicted octanol–water partition coefficient (Wildman–Crippen LogP) is 4.27. The first kappa shape index (κ1) is 23.6. The van der Waals surface area contributed by atoms with Gasteiger partial charge in [0.2, 0.25) is 0 Å². The maximum absolute atomic E-state index is 13.6. The van der Waals surface area contributed by atoms with Crippen molar-refractivity contribution in [1.29, 1.82) is 0 Å². The lowest BCUT2D eigenvalue weighted by molar-refractivity contribution is -0.458. The molecule has 0 aliphatic carbocycles. The fraction of sp³-hybridized carbons (Fsp3) is 1.00. The SMILES string of the molecule is CCN(CC)CCN(C)SC(F)(F)C(F)(OF)C(F)(F)C(F)(F)F. The Kier molecular flexibility index (Phi) is 8.18. The molecule has 0 rings (SSSR count). The van der Waals surface area contributed by atoms with E-state index in [1.165, 1.54) is 0 Å². The molecule has 13 heteroatoms. The zero-order valence-corrected chi connectivity index (χ0v) is 13.8. The lowest BCUT2D eigenvalue weighted by atomic mass is 10.1. The Labute approximate surface area is 137 Å². The molecule has 0 amide bonds. The topological polar surface area (TPSA) is 15.7 Å². The van der Waals surface area contributed by atoms with E-state index in [-0.39, 0.29) is 13.1 Å². The Hall–Kier alpha value is -0.400. The molecule has 0 aliphatic rings. The second-order valence-corrected chi connectivity index (χ2v) is 6.05. The summed E-state index contributed by atoms with van der Waals surface area (Å²) in [5, 5.41) is -5.56. The standard InChI is InChI=1S/C11H17F9N2OS/c1-4-22(5-2)7-6-21(3)24-11(18,19)9(14,23-20)8(12,13)10(15,16)17/h4-7H2,1-3H3. The zero-order chi connectivity index (χ0) is 19.4. The minimum absolute atomic E-state index is 0.151. The molecule has 0 aromatic rings. The average Bonchev–Trinajstić information content (AvgIpc) is 2.45. The molecule has 0 saturated carbocycles. The smallest absolute Gasteiger partial charge is 0.303 e. The van der Waals surface area contributed by atoms with Crippen LogP contribution in [0.4, 0.5) is 39.6 Å². The van der Waals surface area contributed by atoms with Crippen LogP contribution in [0, 0.1) is 0 Å². The molecule has 0 aliphatic heterocycles. The van der Waals surface area contributed by atoms with E-state index in [1.807, 2.05) is 4.94 Å². The van der Waals surface area contributed by atoms with Gasteiger partial charge in [0, 0.05) is 25.0 Å². The third-order valence-corrected chi connectivity index (χ3v) is 4.12. The lowest BCUT2D eigenvalue weighted by Gasteiger charge is -2.36. The summed E-state index contributed by atoms with van der Waals surface area (Å²) in [6.45, 7) is 4.47. The van der Waals surface area contributed by atoms with E-state index in [2.05, 4.69) is 0 Å². The molecule has 0 aromatic carbocycles. The largest absolute Gasteiger partial charge is 0.459 e. The van der Waals surface area contributed by atoms with Crippen molar-refractivity contribution in [3.63, 3.8) is 0 Å². The summed E-state index contributed by atoms with van der Waals surface area (Å²) in [6, 6.07) is 0. The lowest BCUT2D eigenvalue weighted by Crippen LogP contribution is -2.63. The van der Waals surface area contributed by atoms with Gasteiger partial charge in [-0.15, -0.1) is 4.94 Å². The first-order valence-electron chi connectivity index (χ1n) is 6.63. The minimum atomic E-state index is -6.78. The number of alkyl halides is 8. The molecule has 0 radical (unpaired) electrons. The van der Waals surface area contributed by atoms with E-state index >= 15 is 0 Å². The summed E-state index contributed by atoms with van der Waals surface area (Å²) in [7, 11) is 0.909. The van der Waals surface area contributed by atoms with Crippen LogP contribution in [-0.4, -0.2) is 65.6 Å². The van der Waals surface area contributed by atoms with Gasteiger partial charge in [-0.1, -0.05) is 13.8 Å². The van der Waals surface area contributed by atoms with Gasteiger partial charge in [-0.3, -0.25) is 0 Å². The van der Waals surface area contributed by atoms with Gasteiger partial charge >= 0.3 is 23.2 Å². The molecule has 0 heterocycles. The molecule has 0 aromatic heterocycles. The van der Waals surface area contributed by atoms with Crippen LogP contribution in [0.15, 0.2) is 0 Å². The molecule has 1 unspecified atom stereocenters. The molecular weight excluding hydrogens is 379 g/mol. The summed E-state index contributed by atoms with van der Waals surface area (Å²) in [4.78, 5) is 3.55. The van der Waals surface area contributed by atoms with Gasteiger partial charge in [-0.2, -0.15) is 35.1 Å². The highest BCUT2D eigenvalue weighted by Crippen LogP contribution is 2.56. The van der Waals surface area contributed by atoms with Crippen LogP contribution in [0.5, 0.6) is 0 Å². The third kappa shape index (κ3) is 4.82. The summed E-state index contributed by atoms with van der Waals surface area (Å²) >= 11 is -1.01. The number of hydrogen-bond donors (Lipinski definition) is 0. The zero-order valence-electron chi connectivity index (χ0n) is 12.9. The maximum atomic E-state index is 13.6. The maximum Gasteiger partial charge on any atom is 0.459 e. The van der Waals surface area contributed by atoms with E-state index in [0.29, 0.717) is 17.4 Å². The Bertz CT molecular complexity index is 392. The molecule has 1 atom stereocenters. The number of nitrogens with zero attached hydrogens (tertiary/aromatic N) is 2. The summed E-state index contributed by atoms with van der Waals surface area (Å²) in [5.74, 6) is -13.0. The van der Waals surface area contributed by atoms with Crippen molar-refractivity contribution < 1.29 is 44.6 Å². The van der Waals surface area contributed by atoms with Crippen LogP contribution >= 0.6 is 11.9 Å². The van der Waals surface area contributed by atoms with Gasteiger partial charge in [0.05, 0.1) is 0 Å². The monoisotopic (exact) mass is 396 g/mol. The van der Waals surface area contributed by atoms with E-state index in [0.717, 1.165) is 7.05 Å². The van der Waals surface area contributed by atoms with E-state index < -0.39 is 35.2 Å². The number of hydrogen-bond acceptors (Lipinski definition) is 4. The van der Waals surface area contributed by atoms with E-state index in [4.69, 9.17) is 0 Å². The predicted molar refractivity (Wildman–Crippen MR) is 70.0 cm³/mol. The van der Waals surface area contributed by atoms with Crippen LogP contribution in [0.1, 0.15) is 13.8 Å². The van der Waals surface area contributed by atoms with Gasteiger partial charge in [0.15, 0.2) is 0 Å². The molecule has 0 bridgehead atoms. The van der Waals surface area contributed by atoms with Crippen LogP contribution < -0.4 is 0 Å². The molecule has 0 fully saturated rings. The molecule has 24 heavy (non-hydrogen) atoms. The Morgan fingerprint density at radius 2 is 1.33 bits per heavy atom. The summed E-state index contributed by atoms with van der Waals surface area (Å²) in [6.07, 6.45) is -6.78. The van der Waals surface area contributed by atoms with Crippen molar-refractivity contribution in [3.8, 4) is 0 Å². The van der Waals surface area contributed by atoms with Crippen molar-refractivity contribution in [2.24, 2.45) is 0 Å². The molecule has 146 valence electrons. The normalized spacial score (nSPS) is 16.8. The van der Waals surface area contributed by atoms with Gasteiger partial charge in [0.25, 0.3) is 0 Å². The molecule has 0 saturated heterocycles. The van der Waals surface area contributed by atoms with Gasteiger partial charge in [-0.05, 0) is 24.7 Å². The fourth-order valence-electron chi connectivity index (χ4n) is 1.58. The number of rotatable bonds is 10. The summed E-state index contributed by atoms with van der Waals surface area (Å²) < 4.78 is 116. The second-order valence-electron chi connectivity index (χ2n) is 4.73. The van der Waals surface area contributed by atoms with Crippen molar-refractivity contribution >= 4 is 11.9 Å². The van der Waals surface area contributed by atoms with Crippen molar-refractivity contribution in [2.75, 3.05) is 33.2 Å². The number of likely N-dealkylation sites (N-methyl/N-ethyl adjacent to an activating group) is 2. The first-order chi connectivity index (χ1) is 10.7. The first-order valence-corrected chi connectivity index (χ1v) is 7.41. The Balaban J connectivity index is 5.24. The molecule has 0 spiro atoms. The van der Waals surface area contributed by atoms with Crippen molar-refractivity contribution in [2.45, 2.75) is 37.1 Å². The van der Waals surface area contributed by atoms with Crippen molar-refractivity contribution in [1.82, 2.24) is 9.21 Å². The van der Waals surface area contributed by atoms with E-state index in [1.54, 1.807) is 18.7 Å². The van der Waals surface area contributed by atoms with Gasteiger partial charge in [-0.25, -0.2) is 4.31 Å². The molecule has 3 nitrogen and oxygen atoms in total. The van der Waals surface area contributed by atoms with Crippen LogP contribution in [0.2, 0.25) is 0 Å². The quantitative estimate of drug-likeness (QED) is 0.405. The second kappa shape index (κ2) is 8.32. The number of halogens is 9. The van der Waals surface area contributed by atoms with Gasteiger partial charge in [0.1, 0.15) is 0 Å². The minimum Gasteiger partial charge on any atom is -0.303 e. The molecular formula is C11H17F9N2OS. The fourth-order valence-corrected chi connectivity index (χ4v) is 2.42. The molecule has 0 N–H and O–H groups in total. The average molecular weight is 396 g/mol. The Morgan fingerprint density at radius 3 is 1.67 bits per heavy atom. The van der Waals surface area contributed by atoms with Crippen LogP contribution in [0.3, 0.4) is 0 Å². The summed E-state index contributed by atoms with van der Waals surface area (Å²) in [5.41, 5.74) is 0. The van der Waals surface area contributed by atoms with E-state index in [9.17, 15) is 39.6 Å².